The van der Waals surface area contributed by atoms with Crippen LogP contribution in [0.25, 0.3) is 0 Å². The number of rotatable bonds is 8. The van der Waals surface area contributed by atoms with Crippen molar-refractivity contribution in [2.75, 3.05) is 38.2 Å². The molecule has 0 spiro atoms. The van der Waals surface area contributed by atoms with Crippen LogP contribution >= 0.6 is 46.4 Å². The Hall–Kier alpha value is -4.56. The molecule has 4 amide bonds. The molecular weight excluding hydrogens is 782 g/mol. The van der Waals surface area contributed by atoms with E-state index in [1.807, 2.05) is 0 Å². The number of hydrogen-bond donors (Lipinski definition) is 0. The zero-order valence-electron chi connectivity index (χ0n) is 29.0. The fourth-order valence-electron chi connectivity index (χ4n) is 8.33. The number of ether oxygens (including phenoxy) is 4. The summed E-state index contributed by atoms with van der Waals surface area (Å²) in [5.74, 6) is -2.80. The van der Waals surface area contributed by atoms with E-state index in [9.17, 15) is 19.2 Å². The van der Waals surface area contributed by atoms with E-state index in [1.54, 1.807) is 46.4 Å². The highest BCUT2D eigenvalue weighted by Crippen LogP contribution is 2.61. The van der Waals surface area contributed by atoms with Crippen LogP contribution in [-0.2, 0) is 19.2 Å². The fourth-order valence-corrected chi connectivity index (χ4v) is 8.92. The molecule has 4 heterocycles. The molecule has 6 atom stereocenters. The number of methoxy groups -OCH3 is 4. The van der Waals surface area contributed by atoms with Gasteiger partial charge in [-0.25, -0.2) is 19.8 Å². The third-order valence-electron chi connectivity index (χ3n) is 10.6. The number of benzene rings is 4. The van der Waals surface area contributed by atoms with Crippen molar-refractivity contribution in [3.8, 4) is 23.0 Å². The normalized spacial score (nSPS) is 25.0. The van der Waals surface area contributed by atoms with Gasteiger partial charge >= 0.3 is 0 Å². The van der Waals surface area contributed by atoms with E-state index in [-0.39, 0.29) is 31.5 Å². The van der Waals surface area contributed by atoms with Crippen LogP contribution in [0.2, 0.25) is 20.1 Å². The van der Waals surface area contributed by atoms with Crippen LogP contribution in [0.5, 0.6) is 23.0 Å². The summed E-state index contributed by atoms with van der Waals surface area (Å²) in [4.78, 5) is 61.7. The predicted molar refractivity (Wildman–Crippen MR) is 201 cm³/mol. The highest BCUT2D eigenvalue weighted by molar-refractivity contribution is 6.43. The summed E-state index contributed by atoms with van der Waals surface area (Å²) in [7, 11) is 5.96. The maximum absolute atomic E-state index is 14.9. The van der Waals surface area contributed by atoms with Crippen molar-refractivity contribution >= 4 is 81.4 Å². The van der Waals surface area contributed by atoms with Crippen LogP contribution in [0.15, 0.2) is 72.8 Å². The van der Waals surface area contributed by atoms with E-state index in [2.05, 4.69) is 0 Å². The Balaban J connectivity index is 1.38. The molecule has 4 aromatic carbocycles. The Bertz CT molecular complexity index is 2120. The van der Waals surface area contributed by atoms with Crippen molar-refractivity contribution in [1.29, 1.82) is 0 Å². The summed E-state index contributed by atoms with van der Waals surface area (Å²) in [6.45, 7) is 0. The first-order valence-corrected chi connectivity index (χ1v) is 18.1. The van der Waals surface area contributed by atoms with Crippen LogP contribution in [0.1, 0.15) is 23.2 Å². The summed E-state index contributed by atoms with van der Waals surface area (Å²) >= 11 is 25.2. The molecule has 16 heteroatoms. The molecule has 4 aliphatic rings. The van der Waals surface area contributed by atoms with Crippen LogP contribution in [-0.4, -0.2) is 74.2 Å². The Morgan fingerprint density at radius 1 is 0.444 bits per heavy atom. The smallest absolute Gasteiger partial charge is 0.253 e. The molecule has 0 N–H and O–H groups in total. The van der Waals surface area contributed by atoms with Gasteiger partial charge in [-0.15, -0.1) is 0 Å². The van der Waals surface area contributed by atoms with E-state index >= 15 is 0 Å². The van der Waals surface area contributed by atoms with E-state index in [0.29, 0.717) is 34.1 Å². The van der Waals surface area contributed by atoms with Crippen molar-refractivity contribution in [1.82, 2.24) is 10.0 Å². The van der Waals surface area contributed by atoms with Gasteiger partial charge in [0, 0.05) is 23.3 Å². The molecule has 0 aliphatic carbocycles. The first-order chi connectivity index (χ1) is 25.9. The van der Waals surface area contributed by atoms with Gasteiger partial charge in [0.15, 0.2) is 0 Å². The molecule has 8 rings (SSSR count). The standard InChI is InChI=1S/C38H30Cl4N4O8/c1-51-19-7-9-21(27(15-19)53-3)31-29-33(37(49)43(35(29)47)17-5-11-23(39)25(41)13-17)46-32(22-10-8-20(52-2)16-28(22)54-4)30-34(45(31)46)38(50)44(36(30)48)18-6-12-24(40)26(42)14-18/h5-16,29-34H,1-4H3. The second-order valence-corrected chi connectivity index (χ2v) is 14.7. The molecule has 12 nitrogen and oxygen atoms in total. The van der Waals surface area contributed by atoms with Crippen molar-refractivity contribution < 1.29 is 38.1 Å². The Morgan fingerprint density at radius 3 is 1.17 bits per heavy atom. The number of halogens is 4. The molecule has 278 valence electrons. The third kappa shape index (κ3) is 5.26. The molecule has 4 fully saturated rings. The maximum Gasteiger partial charge on any atom is 0.253 e. The minimum Gasteiger partial charge on any atom is -0.497 e. The van der Waals surface area contributed by atoms with E-state index in [1.165, 1.54) is 64.8 Å². The summed E-state index contributed by atoms with van der Waals surface area (Å²) < 4.78 is 22.7. The molecule has 0 radical (unpaired) electrons. The van der Waals surface area contributed by atoms with E-state index in [0.717, 1.165) is 9.80 Å². The third-order valence-corrected chi connectivity index (χ3v) is 12.0. The molecule has 4 aliphatic heterocycles. The number of nitrogens with zero attached hydrogens (tertiary/aromatic N) is 4. The van der Waals surface area contributed by atoms with E-state index in [4.69, 9.17) is 65.4 Å². The average Bonchev–Trinajstić information content (AvgIpc) is 3.84. The zero-order valence-corrected chi connectivity index (χ0v) is 32.0. The second-order valence-electron chi connectivity index (χ2n) is 13.0. The Labute approximate surface area is 329 Å². The van der Waals surface area contributed by atoms with Gasteiger partial charge in [0.25, 0.3) is 11.8 Å². The van der Waals surface area contributed by atoms with Crippen molar-refractivity contribution in [3.63, 3.8) is 0 Å². The molecule has 6 unspecified atom stereocenters. The number of carbonyl (C=O) groups is 4. The number of carbonyl (C=O) groups excluding carboxylic acids is 4. The van der Waals surface area contributed by atoms with Gasteiger partial charge in [-0.1, -0.05) is 46.4 Å². The Morgan fingerprint density at radius 2 is 0.833 bits per heavy atom. The number of anilines is 2. The molecule has 54 heavy (non-hydrogen) atoms. The summed E-state index contributed by atoms with van der Waals surface area (Å²) in [6, 6.07) is 14.8. The SMILES string of the molecule is COc1ccc(C2C3C(=O)N(c4ccc(Cl)c(Cl)c4)C(=O)C3N3C(c4ccc(OC)cc4OC)C4C(=O)N(c5ccc(Cl)c(Cl)c5)C(=O)C4N23)c(OC)c1. The lowest BCUT2D eigenvalue weighted by atomic mass is 9.83. The fraction of sp³-hybridized carbons (Fsp3) is 0.263. The quantitative estimate of drug-likeness (QED) is 0.176. The first-order valence-electron chi connectivity index (χ1n) is 16.6. The first kappa shape index (κ1) is 36.4. The van der Waals surface area contributed by atoms with Crippen LogP contribution in [0, 0.1) is 11.8 Å². The molecular formula is C38H30Cl4N4O8. The summed E-state index contributed by atoms with van der Waals surface area (Å²) in [6.07, 6.45) is 0. The van der Waals surface area contributed by atoms with Gasteiger partial charge < -0.3 is 18.9 Å². The second kappa shape index (κ2) is 13.6. The highest BCUT2D eigenvalue weighted by atomic mass is 35.5. The molecule has 0 aromatic heterocycles. The van der Waals surface area contributed by atoms with Gasteiger partial charge in [-0.3, -0.25) is 19.2 Å². The zero-order chi connectivity index (χ0) is 38.3. The number of fused-ring (bicyclic) bond motifs is 5. The monoisotopic (exact) mass is 810 g/mol. The topological polar surface area (TPSA) is 118 Å². The number of hydrogen-bond acceptors (Lipinski definition) is 10. The maximum atomic E-state index is 14.9. The highest BCUT2D eigenvalue weighted by Gasteiger charge is 2.74. The molecule has 0 bridgehead atoms. The lowest BCUT2D eigenvalue weighted by molar-refractivity contribution is -0.136. The lowest BCUT2D eigenvalue weighted by Crippen LogP contribution is -2.50. The minimum atomic E-state index is -1.19. The van der Waals surface area contributed by atoms with Gasteiger partial charge in [-0.2, -0.15) is 0 Å². The molecule has 4 aromatic rings. The number of hydrazine groups is 1. The van der Waals surface area contributed by atoms with Gasteiger partial charge in [0.2, 0.25) is 11.8 Å². The van der Waals surface area contributed by atoms with Gasteiger partial charge in [0.05, 0.1) is 83.8 Å². The van der Waals surface area contributed by atoms with E-state index < -0.39 is 59.6 Å². The minimum absolute atomic E-state index is 0.150. The van der Waals surface area contributed by atoms with Crippen LogP contribution in [0.3, 0.4) is 0 Å². The predicted octanol–water partition coefficient (Wildman–Crippen LogP) is 6.78. The number of amides is 4. The molecule has 4 saturated heterocycles. The van der Waals surface area contributed by atoms with Gasteiger partial charge in [-0.05, 0) is 60.7 Å². The van der Waals surface area contributed by atoms with Crippen molar-refractivity contribution in [2.45, 2.75) is 24.2 Å². The largest absolute Gasteiger partial charge is 0.497 e. The Kier molecular flexibility index (Phi) is 9.19. The van der Waals surface area contributed by atoms with Crippen LogP contribution in [0.4, 0.5) is 11.4 Å². The molecule has 0 saturated carbocycles. The van der Waals surface area contributed by atoms with Crippen LogP contribution < -0.4 is 28.7 Å². The van der Waals surface area contributed by atoms with Crippen molar-refractivity contribution in [3.05, 3.63) is 104 Å². The van der Waals surface area contributed by atoms with Gasteiger partial charge in [0.1, 0.15) is 35.1 Å². The van der Waals surface area contributed by atoms with Crippen molar-refractivity contribution in [2.24, 2.45) is 11.8 Å². The summed E-state index contributed by atoms with van der Waals surface area (Å²) in [5, 5.41) is 4.20. The number of imide groups is 2. The summed E-state index contributed by atoms with van der Waals surface area (Å²) in [5.41, 5.74) is 1.41. The lowest BCUT2D eigenvalue weighted by Gasteiger charge is -2.36. The average molecular weight is 812 g/mol.